The smallest absolute Gasteiger partial charge is 0.279 e. The molecule has 4 aromatic rings. The molecular weight excluding hydrogens is 342 g/mol. The van der Waals surface area contributed by atoms with Gasteiger partial charge in [-0.15, -0.1) is 0 Å². The Morgan fingerprint density at radius 1 is 1.07 bits per heavy atom. The largest absolute Gasteiger partial charge is 0.360 e. The maximum atomic E-state index is 12.6. The molecule has 0 fully saturated rings. The van der Waals surface area contributed by atoms with Crippen LogP contribution in [-0.2, 0) is 12.8 Å². The molecule has 3 heterocycles. The van der Waals surface area contributed by atoms with Crippen LogP contribution in [0.4, 0.5) is 5.82 Å². The zero-order valence-corrected chi connectivity index (χ0v) is 14.6. The Kier molecular flexibility index (Phi) is 3.71. The number of nitrogens with zero attached hydrogens (tertiary/aromatic N) is 4. The van der Waals surface area contributed by atoms with Crippen LogP contribution in [0.25, 0.3) is 17.0 Å². The zero-order chi connectivity index (χ0) is 18.2. The van der Waals surface area contributed by atoms with E-state index in [2.05, 4.69) is 20.4 Å². The number of hydrogen-bond donors (Lipinski definition) is 1. The maximum Gasteiger partial charge on any atom is 0.279 e. The lowest BCUT2D eigenvalue weighted by Gasteiger charge is -2.09. The van der Waals surface area contributed by atoms with E-state index in [1.54, 1.807) is 6.07 Å². The first-order valence-corrected chi connectivity index (χ1v) is 8.98. The maximum absolute atomic E-state index is 12.6. The third-order valence-corrected chi connectivity index (χ3v) is 4.80. The lowest BCUT2D eigenvalue weighted by molar-refractivity contribution is 0.101. The average molecular weight is 359 g/mol. The van der Waals surface area contributed by atoms with Crippen molar-refractivity contribution in [2.45, 2.75) is 25.7 Å². The molecule has 27 heavy (non-hydrogen) atoms. The van der Waals surface area contributed by atoms with Crippen LogP contribution in [0.5, 0.6) is 0 Å². The van der Waals surface area contributed by atoms with Gasteiger partial charge in [0.05, 0.1) is 5.69 Å². The third-order valence-electron chi connectivity index (χ3n) is 4.80. The van der Waals surface area contributed by atoms with E-state index in [0.29, 0.717) is 17.3 Å². The molecule has 1 N–H and O–H groups in total. The summed E-state index contributed by atoms with van der Waals surface area (Å²) in [6, 6.07) is 11.6. The molecule has 134 valence electrons. The second-order valence-electron chi connectivity index (χ2n) is 6.61. The number of rotatable bonds is 3. The molecule has 1 aliphatic carbocycles. The Morgan fingerprint density at radius 3 is 2.81 bits per heavy atom. The Balaban J connectivity index is 1.42. The molecule has 0 radical (unpaired) electrons. The Bertz CT molecular complexity index is 1130. The highest BCUT2D eigenvalue weighted by Crippen LogP contribution is 2.25. The van der Waals surface area contributed by atoms with Gasteiger partial charge in [-0.2, -0.15) is 4.98 Å². The van der Waals surface area contributed by atoms with Crippen LogP contribution in [0.15, 0.2) is 53.3 Å². The molecule has 0 atom stereocenters. The number of carbonyl (C=O) groups is 1. The summed E-state index contributed by atoms with van der Waals surface area (Å²) < 4.78 is 7.15. The predicted molar refractivity (Wildman–Crippen MR) is 99.5 cm³/mol. The summed E-state index contributed by atoms with van der Waals surface area (Å²) in [4.78, 5) is 21.6. The number of benzene rings is 1. The van der Waals surface area contributed by atoms with Gasteiger partial charge in [0.15, 0.2) is 5.69 Å². The van der Waals surface area contributed by atoms with Crippen LogP contribution >= 0.6 is 0 Å². The summed E-state index contributed by atoms with van der Waals surface area (Å²) in [6.07, 6.45) is 7.54. The number of carbonyl (C=O) groups excluding carboxylic acids is 1. The molecular formula is C20H17N5O2. The molecule has 3 aromatic heterocycles. The zero-order valence-electron chi connectivity index (χ0n) is 14.6. The molecule has 1 amide bonds. The summed E-state index contributed by atoms with van der Waals surface area (Å²) in [6.45, 7) is 0. The minimum absolute atomic E-state index is 0.298. The van der Waals surface area contributed by atoms with E-state index in [1.807, 2.05) is 47.1 Å². The van der Waals surface area contributed by atoms with E-state index in [0.717, 1.165) is 48.3 Å². The normalized spacial score (nSPS) is 13.5. The van der Waals surface area contributed by atoms with Crippen molar-refractivity contribution >= 4 is 17.5 Å². The molecule has 0 saturated heterocycles. The Morgan fingerprint density at radius 2 is 1.93 bits per heavy atom. The van der Waals surface area contributed by atoms with E-state index in [-0.39, 0.29) is 5.91 Å². The molecule has 7 nitrogen and oxygen atoms in total. The Hall–Kier alpha value is -3.48. The van der Waals surface area contributed by atoms with Gasteiger partial charge in [0.1, 0.15) is 11.6 Å². The first-order valence-electron chi connectivity index (χ1n) is 8.98. The van der Waals surface area contributed by atoms with E-state index >= 15 is 0 Å². The highest BCUT2D eigenvalue weighted by Gasteiger charge is 2.24. The Labute approximate surface area is 155 Å². The molecule has 0 saturated carbocycles. The van der Waals surface area contributed by atoms with E-state index < -0.39 is 0 Å². The lowest BCUT2D eigenvalue weighted by Crippen LogP contribution is -2.16. The van der Waals surface area contributed by atoms with Crippen LogP contribution in [0.3, 0.4) is 0 Å². The molecule has 1 aromatic carbocycles. The van der Waals surface area contributed by atoms with Crippen molar-refractivity contribution in [2.75, 3.05) is 5.32 Å². The van der Waals surface area contributed by atoms with Crippen molar-refractivity contribution in [3.63, 3.8) is 0 Å². The van der Waals surface area contributed by atoms with E-state index in [4.69, 9.17) is 4.52 Å². The van der Waals surface area contributed by atoms with Crippen LogP contribution in [0, 0.1) is 0 Å². The highest BCUT2D eigenvalue weighted by atomic mass is 16.5. The van der Waals surface area contributed by atoms with E-state index in [1.165, 1.54) is 0 Å². The number of aromatic nitrogens is 4. The van der Waals surface area contributed by atoms with Gasteiger partial charge in [-0.25, -0.2) is 4.98 Å². The molecule has 0 bridgehead atoms. The predicted octanol–water partition coefficient (Wildman–Crippen LogP) is 3.52. The molecule has 0 aliphatic heterocycles. The number of amides is 1. The molecule has 7 heteroatoms. The van der Waals surface area contributed by atoms with Crippen molar-refractivity contribution in [2.24, 2.45) is 0 Å². The van der Waals surface area contributed by atoms with Crippen molar-refractivity contribution in [3.05, 3.63) is 65.8 Å². The summed E-state index contributed by atoms with van der Waals surface area (Å²) >= 11 is 0. The van der Waals surface area contributed by atoms with Crippen molar-refractivity contribution < 1.29 is 9.32 Å². The summed E-state index contributed by atoms with van der Waals surface area (Å²) in [5.74, 6) is 1.49. The fraction of sp³-hybridized carbons (Fsp3) is 0.200. The van der Waals surface area contributed by atoms with Crippen molar-refractivity contribution in [1.29, 1.82) is 0 Å². The summed E-state index contributed by atoms with van der Waals surface area (Å²) in [7, 11) is 0. The van der Waals surface area contributed by atoms with Crippen LogP contribution in [0.1, 0.15) is 34.7 Å². The first kappa shape index (κ1) is 15.7. The molecule has 0 unspecified atom stereocenters. The van der Waals surface area contributed by atoms with Gasteiger partial charge >= 0.3 is 0 Å². The fourth-order valence-electron chi connectivity index (χ4n) is 3.43. The third kappa shape index (κ3) is 2.87. The highest BCUT2D eigenvalue weighted by molar-refractivity contribution is 6.03. The minimum atomic E-state index is -0.298. The first-order chi connectivity index (χ1) is 13.3. The molecule has 1 aliphatic rings. The SMILES string of the molecule is O=C(Nc1ccn2cc(-c3ccccc3)nc2n1)c1noc2c1CCCC2. The van der Waals surface area contributed by atoms with Crippen molar-refractivity contribution in [1.82, 2.24) is 19.5 Å². The minimum Gasteiger partial charge on any atom is -0.360 e. The number of aryl methyl sites for hydroxylation is 1. The van der Waals surface area contributed by atoms with E-state index in [9.17, 15) is 4.79 Å². The number of fused-ring (bicyclic) bond motifs is 2. The van der Waals surface area contributed by atoms with Gasteiger partial charge in [-0.05, 0) is 25.3 Å². The van der Waals surface area contributed by atoms with Gasteiger partial charge in [-0.3, -0.25) is 9.20 Å². The average Bonchev–Trinajstić information content (AvgIpc) is 3.32. The second-order valence-corrected chi connectivity index (χ2v) is 6.61. The summed E-state index contributed by atoms with van der Waals surface area (Å²) in [5.41, 5.74) is 3.13. The van der Waals surface area contributed by atoms with Gasteiger partial charge in [0.25, 0.3) is 5.91 Å². The van der Waals surface area contributed by atoms with Crippen LogP contribution in [-0.4, -0.2) is 25.4 Å². The fourth-order valence-corrected chi connectivity index (χ4v) is 3.43. The monoisotopic (exact) mass is 359 g/mol. The molecule has 5 rings (SSSR count). The standard InChI is InChI=1S/C20H17N5O2/c26-19(18-14-8-4-5-9-16(14)27-24-18)22-17-10-11-25-12-15(21-20(25)23-17)13-6-2-1-3-7-13/h1-3,6-7,10-12H,4-5,8-9H2,(H,21,22,23,26). The quantitative estimate of drug-likeness (QED) is 0.605. The number of hydrogen-bond acceptors (Lipinski definition) is 5. The van der Waals surface area contributed by atoms with Crippen molar-refractivity contribution in [3.8, 4) is 11.3 Å². The van der Waals surface area contributed by atoms with Gasteiger partial charge in [0.2, 0.25) is 5.78 Å². The number of imidazole rings is 1. The lowest BCUT2D eigenvalue weighted by atomic mass is 9.96. The topological polar surface area (TPSA) is 85.3 Å². The second kappa shape index (κ2) is 6.35. The summed E-state index contributed by atoms with van der Waals surface area (Å²) in [5, 5.41) is 6.77. The van der Waals surface area contributed by atoms with Gasteiger partial charge < -0.3 is 9.84 Å². The van der Waals surface area contributed by atoms with Crippen LogP contribution in [0.2, 0.25) is 0 Å². The van der Waals surface area contributed by atoms with Crippen LogP contribution < -0.4 is 5.32 Å². The molecule has 0 spiro atoms. The number of nitrogens with one attached hydrogen (secondary N) is 1. The number of anilines is 1. The van der Waals surface area contributed by atoms with Gasteiger partial charge in [0, 0.05) is 29.9 Å². The van der Waals surface area contributed by atoms with Gasteiger partial charge in [-0.1, -0.05) is 35.5 Å².